The van der Waals surface area contributed by atoms with Gasteiger partial charge < -0.3 is 25.1 Å². The lowest BCUT2D eigenvalue weighted by atomic mass is 9.79. The van der Waals surface area contributed by atoms with Gasteiger partial charge in [0.2, 0.25) is 0 Å². The van der Waals surface area contributed by atoms with Gasteiger partial charge in [-0.2, -0.15) is 0 Å². The van der Waals surface area contributed by atoms with Crippen LogP contribution in [0, 0.1) is 22.7 Å². The molecule has 3 N–H and O–H groups in total. The second kappa shape index (κ2) is 14.6. The largest absolute Gasteiger partial charge is 0.480 e. The van der Waals surface area contributed by atoms with Crippen LogP contribution in [0.4, 0.5) is 0 Å². The van der Waals surface area contributed by atoms with Gasteiger partial charge in [0.15, 0.2) is 11.5 Å². The Kier molecular flexibility index (Phi) is 12.8. The van der Waals surface area contributed by atoms with Crippen LogP contribution >= 0.6 is 0 Å². The number of hydrogen-bond donors (Lipinski definition) is 2. The van der Waals surface area contributed by atoms with Gasteiger partial charge in [-0.15, -0.1) is 0 Å². The minimum Gasteiger partial charge on any atom is -0.480 e. The second-order valence-corrected chi connectivity index (χ2v) is 13.2. The number of carboxylic acids is 1. The molecule has 0 spiro atoms. The van der Waals surface area contributed by atoms with Crippen LogP contribution in [0.15, 0.2) is 18.2 Å². The number of rotatable bonds is 13. The first kappa shape index (κ1) is 35.1. The van der Waals surface area contributed by atoms with E-state index in [9.17, 15) is 24.3 Å². The van der Waals surface area contributed by atoms with E-state index in [4.69, 9.17) is 19.9 Å². The van der Waals surface area contributed by atoms with Crippen LogP contribution in [0.1, 0.15) is 106 Å². The first-order valence-corrected chi connectivity index (χ1v) is 14.0. The van der Waals surface area contributed by atoms with Crippen molar-refractivity contribution in [1.82, 2.24) is 0 Å². The van der Waals surface area contributed by atoms with E-state index in [1.807, 2.05) is 48.5 Å². The lowest BCUT2D eigenvalue weighted by Crippen LogP contribution is -2.43. The molecule has 0 heterocycles. The van der Waals surface area contributed by atoms with E-state index >= 15 is 0 Å². The molecule has 0 aliphatic carbocycles. The maximum atomic E-state index is 12.8. The van der Waals surface area contributed by atoms with Crippen LogP contribution in [0.5, 0.6) is 11.5 Å². The average Bonchev–Trinajstić information content (AvgIpc) is 2.78. The molecule has 4 unspecified atom stereocenters. The molecule has 0 fully saturated rings. The van der Waals surface area contributed by atoms with Crippen molar-refractivity contribution in [3.8, 4) is 11.5 Å². The van der Waals surface area contributed by atoms with Gasteiger partial charge in [-0.3, -0.25) is 19.2 Å². The number of nitrogens with two attached hydrogens (primary N) is 1. The predicted octanol–water partition coefficient (Wildman–Crippen LogP) is 5.87. The minimum atomic E-state index is -1.35. The van der Waals surface area contributed by atoms with Crippen LogP contribution in [0.25, 0.3) is 0 Å². The summed E-state index contributed by atoms with van der Waals surface area (Å²) in [6, 6.07) is 3.21. The smallest absolute Gasteiger partial charge is 0.321 e. The van der Waals surface area contributed by atoms with Crippen LogP contribution in [-0.4, -0.2) is 41.1 Å². The third-order valence-corrected chi connectivity index (χ3v) is 6.55. The normalized spacial score (nSPS) is 15.8. The van der Waals surface area contributed by atoms with Crippen molar-refractivity contribution in [2.24, 2.45) is 28.4 Å². The molecule has 0 aromatic heterocycles. The molecule has 9 nitrogen and oxygen atoms in total. The molecule has 5 atom stereocenters. The maximum absolute atomic E-state index is 12.8. The summed E-state index contributed by atoms with van der Waals surface area (Å²) in [5.74, 6) is -4.21. The maximum Gasteiger partial charge on any atom is 0.321 e. The Morgan fingerprint density at radius 3 is 1.82 bits per heavy atom. The van der Waals surface area contributed by atoms with Crippen molar-refractivity contribution >= 4 is 23.9 Å². The summed E-state index contributed by atoms with van der Waals surface area (Å²) in [6.07, 6.45) is 1.09. The van der Waals surface area contributed by atoms with E-state index in [2.05, 4.69) is 0 Å². The third-order valence-electron chi connectivity index (χ3n) is 6.55. The number of carbonyl (C=O) groups excluding carboxylic acids is 3. The Hall–Kier alpha value is -2.94. The van der Waals surface area contributed by atoms with Crippen molar-refractivity contribution in [2.45, 2.75) is 113 Å². The molecule has 0 bridgehead atoms. The zero-order valence-corrected chi connectivity index (χ0v) is 25.8. The highest BCUT2D eigenvalue weighted by Crippen LogP contribution is 2.38. The van der Waals surface area contributed by atoms with E-state index < -0.39 is 41.9 Å². The number of esters is 3. The van der Waals surface area contributed by atoms with Crippen LogP contribution < -0.4 is 15.2 Å². The average molecular weight is 564 g/mol. The fraction of sp³-hybridized carbons (Fsp3) is 0.677. The minimum absolute atomic E-state index is 0.00925. The molecule has 226 valence electrons. The summed E-state index contributed by atoms with van der Waals surface area (Å²) in [6.45, 7) is 18.6. The SMILES string of the molecule is CCCC(C)C(=O)OC(C)C(C)C(c1ccc(OC(=O)CC(C)(C)C)c(OC(=O)CC(C)(C)C)c1)[C@H](N)C(=O)O. The van der Waals surface area contributed by atoms with Gasteiger partial charge in [0.25, 0.3) is 0 Å². The summed E-state index contributed by atoms with van der Waals surface area (Å²) in [5, 5.41) is 9.82. The number of carbonyl (C=O) groups is 4. The summed E-state index contributed by atoms with van der Waals surface area (Å²) in [7, 11) is 0. The molecule has 0 radical (unpaired) electrons. The molecule has 0 aliphatic rings. The molecule has 1 aromatic carbocycles. The molecule has 0 amide bonds. The van der Waals surface area contributed by atoms with Gasteiger partial charge in [-0.05, 0) is 41.9 Å². The molecule has 0 saturated carbocycles. The Morgan fingerprint density at radius 1 is 0.875 bits per heavy atom. The van der Waals surface area contributed by atoms with Crippen molar-refractivity contribution < 1.29 is 38.5 Å². The van der Waals surface area contributed by atoms with Gasteiger partial charge in [-0.1, -0.05) is 74.8 Å². The quantitative estimate of drug-likeness (QED) is 0.222. The van der Waals surface area contributed by atoms with Crippen molar-refractivity contribution in [1.29, 1.82) is 0 Å². The van der Waals surface area contributed by atoms with Crippen molar-refractivity contribution in [3.05, 3.63) is 23.8 Å². The Balaban J connectivity index is 3.49. The van der Waals surface area contributed by atoms with Crippen LogP contribution in [-0.2, 0) is 23.9 Å². The van der Waals surface area contributed by atoms with Gasteiger partial charge in [0.1, 0.15) is 12.1 Å². The fourth-order valence-electron chi connectivity index (χ4n) is 4.32. The number of benzene rings is 1. The highest BCUT2D eigenvalue weighted by Gasteiger charge is 2.36. The van der Waals surface area contributed by atoms with E-state index in [1.54, 1.807) is 26.8 Å². The highest BCUT2D eigenvalue weighted by molar-refractivity contribution is 5.78. The Morgan fingerprint density at radius 2 is 1.38 bits per heavy atom. The molecule has 0 saturated heterocycles. The van der Waals surface area contributed by atoms with E-state index in [-0.39, 0.29) is 47.1 Å². The van der Waals surface area contributed by atoms with Crippen LogP contribution in [0.3, 0.4) is 0 Å². The third kappa shape index (κ3) is 11.7. The molecule has 0 aliphatic heterocycles. The monoisotopic (exact) mass is 563 g/mol. The van der Waals surface area contributed by atoms with Gasteiger partial charge in [-0.25, -0.2) is 0 Å². The Bertz CT molecular complexity index is 1040. The summed E-state index contributed by atoms with van der Waals surface area (Å²) >= 11 is 0. The topological polar surface area (TPSA) is 142 Å². The van der Waals surface area contributed by atoms with Gasteiger partial charge >= 0.3 is 23.9 Å². The summed E-state index contributed by atoms with van der Waals surface area (Å²) < 4.78 is 16.9. The second-order valence-electron chi connectivity index (χ2n) is 13.2. The predicted molar refractivity (Wildman–Crippen MR) is 153 cm³/mol. The van der Waals surface area contributed by atoms with Crippen molar-refractivity contribution in [3.63, 3.8) is 0 Å². The lowest BCUT2D eigenvalue weighted by Gasteiger charge is -2.32. The molecule has 40 heavy (non-hydrogen) atoms. The first-order chi connectivity index (χ1) is 18.3. The lowest BCUT2D eigenvalue weighted by molar-refractivity contribution is -0.156. The standard InChI is InChI=1S/C31H49NO8/c1-11-12-18(2)29(37)38-20(4)19(3)26(27(32)28(35)36)21-13-14-22(39-24(33)16-30(5,6)7)23(15-21)40-25(34)17-31(8,9)10/h13-15,18-20,26-27H,11-12,16-17,32H2,1-10H3,(H,35,36)/t18?,19?,20?,26?,27-/m0/s1. The summed E-state index contributed by atoms with van der Waals surface area (Å²) in [5.41, 5.74) is 5.93. The van der Waals surface area contributed by atoms with Crippen molar-refractivity contribution in [2.75, 3.05) is 0 Å². The number of ether oxygens (including phenoxy) is 3. The number of hydrogen-bond acceptors (Lipinski definition) is 8. The zero-order chi connectivity index (χ0) is 31.0. The summed E-state index contributed by atoms with van der Waals surface area (Å²) in [4.78, 5) is 50.0. The first-order valence-electron chi connectivity index (χ1n) is 14.0. The van der Waals surface area contributed by atoms with E-state index in [0.29, 0.717) is 12.0 Å². The van der Waals surface area contributed by atoms with Gasteiger partial charge in [0, 0.05) is 11.8 Å². The molecular formula is C31H49NO8. The number of carboxylic acid groups (broad SMARTS) is 1. The molecule has 1 rings (SSSR count). The van der Waals surface area contributed by atoms with E-state index in [0.717, 1.165) is 6.42 Å². The highest BCUT2D eigenvalue weighted by atomic mass is 16.6. The number of aliphatic carboxylic acids is 1. The molecule has 9 heteroatoms. The zero-order valence-electron chi connectivity index (χ0n) is 25.8. The molecular weight excluding hydrogens is 514 g/mol. The van der Waals surface area contributed by atoms with E-state index in [1.165, 1.54) is 12.1 Å². The molecule has 1 aromatic rings. The fourth-order valence-corrected chi connectivity index (χ4v) is 4.32. The van der Waals surface area contributed by atoms with Crippen LogP contribution in [0.2, 0.25) is 0 Å². The Labute approximate surface area is 239 Å². The van der Waals surface area contributed by atoms with Gasteiger partial charge in [0.05, 0.1) is 18.8 Å².